The second kappa shape index (κ2) is 6.04. The monoisotopic (exact) mass is 261 g/mol. The molecule has 0 aliphatic heterocycles. The summed E-state index contributed by atoms with van der Waals surface area (Å²) in [5.74, 6) is 0.307. The second-order valence-electron chi connectivity index (χ2n) is 4.37. The lowest BCUT2D eigenvalue weighted by atomic mass is 10.1. The fraction of sp³-hybridized carbons (Fsp3) is 0.583. The summed E-state index contributed by atoms with van der Waals surface area (Å²) in [5.41, 5.74) is 6.74. The number of hydrogen-bond acceptors (Lipinski definition) is 3. The number of hydrogen-bond donors (Lipinski definition) is 1. The SMILES string of the molecule is CCC(N)Cc1ccc(N(C)CC(F)(F)F)nc1. The zero-order valence-corrected chi connectivity index (χ0v) is 10.5. The Balaban J connectivity index is 2.65. The number of alkyl halides is 3. The second-order valence-corrected chi connectivity index (χ2v) is 4.37. The standard InChI is InChI=1S/C12H18F3N3/c1-3-10(16)6-9-4-5-11(17-7-9)18(2)8-12(13,14)15/h4-5,7,10H,3,6,8,16H2,1-2H3. The average molecular weight is 261 g/mol. The highest BCUT2D eigenvalue weighted by Gasteiger charge is 2.29. The molecule has 0 fully saturated rings. The fourth-order valence-corrected chi connectivity index (χ4v) is 1.56. The van der Waals surface area contributed by atoms with Gasteiger partial charge in [0.1, 0.15) is 12.4 Å². The summed E-state index contributed by atoms with van der Waals surface area (Å²) in [6, 6.07) is 3.42. The van der Waals surface area contributed by atoms with Crippen LogP contribution in [-0.4, -0.2) is 30.8 Å². The first kappa shape index (κ1) is 14.8. The predicted octanol–water partition coefficient (Wildman–Crippen LogP) is 2.36. The van der Waals surface area contributed by atoms with E-state index in [0.717, 1.165) is 16.9 Å². The normalized spacial score (nSPS) is 13.4. The van der Waals surface area contributed by atoms with Crippen LogP contribution in [0.25, 0.3) is 0 Å². The number of nitrogens with zero attached hydrogens (tertiary/aromatic N) is 2. The van der Waals surface area contributed by atoms with Gasteiger partial charge >= 0.3 is 6.18 Å². The van der Waals surface area contributed by atoms with Crippen molar-refractivity contribution in [3.05, 3.63) is 23.9 Å². The van der Waals surface area contributed by atoms with E-state index in [1.807, 2.05) is 6.92 Å². The molecule has 1 heterocycles. The predicted molar refractivity (Wildman–Crippen MR) is 65.5 cm³/mol. The molecule has 0 saturated heterocycles. The molecule has 1 unspecified atom stereocenters. The number of pyridine rings is 1. The van der Waals surface area contributed by atoms with Crippen LogP contribution in [-0.2, 0) is 6.42 Å². The molecule has 1 aromatic rings. The maximum atomic E-state index is 12.2. The minimum Gasteiger partial charge on any atom is -0.351 e. The van der Waals surface area contributed by atoms with Crippen LogP contribution in [0.2, 0.25) is 0 Å². The van der Waals surface area contributed by atoms with Crippen LogP contribution in [0, 0.1) is 0 Å². The molecule has 1 aromatic heterocycles. The van der Waals surface area contributed by atoms with E-state index in [2.05, 4.69) is 4.98 Å². The lowest BCUT2D eigenvalue weighted by Gasteiger charge is -2.20. The summed E-state index contributed by atoms with van der Waals surface area (Å²) in [4.78, 5) is 5.09. The zero-order valence-electron chi connectivity index (χ0n) is 10.5. The van der Waals surface area contributed by atoms with Gasteiger partial charge in [-0.05, 0) is 24.5 Å². The van der Waals surface area contributed by atoms with E-state index >= 15 is 0 Å². The molecule has 1 rings (SSSR count). The van der Waals surface area contributed by atoms with Crippen molar-refractivity contribution in [3.63, 3.8) is 0 Å². The van der Waals surface area contributed by atoms with E-state index in [-0.39, 0.29) is 6.04 Å². The largest absolute Gasteiger partial charge is 0.405 e. The van der Waals surface area contributed by atoms with Crippen molar-refractivity contribution in [3.8, 4) is 0 Å². The summed E-state index contributed by atoms with van der Waals surface area (Å²) in [6.07, 6.45) is -1.10. The van der Waals surface area contributed by atoms with Gasteiger partial charge in [0, 0.05) is 19.3 Å². The molecule has 3 nitrogen and oxygen atoms in total. The summed E-state index contributed by atoms with van der Waals surface area (Å²) >= 11 is 0. The molecule has 0 bridgehead atoms. The van der Waals surface area contributed by atoms with Crippen molar-refractivity contribution in [2.24, 2.45) is 5.73 Å². The smallest absolute Gasteiger partial charge is 0.351 e. The van der Waals surface area contributed by atoms with Crippen molar-refractivity contribution in [1.82, 2.24) is 4.98 Å². The number of rotatable bonds is 5. The van der Waals surface area contributed by atoms with Crippen LogP contribution in [0.3, 0.4) is 0 Å². The minimum absolute atomic E-state index is 0.0607. The maximum absolute atomic E-state index is 12.2. The number of halogens is 3. The molecule has 0 saturated carbocycles. The first-order valence-electron chi connectivity index (χ1n) is 5.80. The Bertz CT molecular complexity index is 362. The molecular formula is C12H18F3N3. The van der Waals surface area contributed by atoms with E-state index in [4.69, 9.17) is 5.73 Å². The highest BCUT2D eigenvalue weighted by atomic mass is 19.4. The van der Waals surface area contributed by atoms with Crippen LogP contribution in [0.1, 0.15) is 18.9 Å². The van der Waals surface area contributed by atoms with Gasteiger partial charge in [-0.3, -0.25) is 0 Å². The third kappa shape index (κ3) is 4.91. The molecule has 6 heteroatoms. The quantitative estimate of drug-likeness (QED) is 0.884. The van der Waals surface area contributed by atoms with Crippen LogP contribution in [0.4, 0.5) is 19.0 Å². The lowest BCUT2D eigenvalue weighted by molar-refractivity contribution is -0.119. The molecule has 0 spiro atoms. The molecule has 0 radical (unpaired) electrons. The van der Waals surface area contributed by atoms with Crippen molar-refractivity contribution >= 4 is 5.82 Å². The zero-order chi connectivity index (χ0) is 13.8. The lowest BCUT2D eigenvalue weighted by Crippen LogP contribution is -2.31. The van der Waals surface area contributed by atoms with Crippen LogP contribution < -0.4 is 10.6 Å². The molecule has 0 aliphatic carbocycles. The van der Waals surface area contributed by atoms with E-state index < -0.39 is 12.7 Å². The molecule has 0 aliphatic rings. The van der Waals surface area contributed by atoms with Gasteiger partial charge < -0.3 is 10.6 Å². The summed E-state index contributed by atoms with van der Waals surface area (Å²) in [6.45, 7) is 0.984. The van der Waals surface area contributed by atoms with Gasteiger partial charge in [0.05, 0.1) is 0 Å². The molecule has 1 atom stereocenters. The molecule has 102 valence electrons. The summed E-state index contributed by atoms with van der Waals surface area (Å²) in [5, 5.41) is 0. The minimum atomic E-state index is -4.22. The Morgan fingerprint density at radius 1 is 1.39 bits per heavy atom. The third-order valence-corrected chi connectivity index (χ3v) is 2.64. The van der Waals surface area contributed by atoms with Crippen molar-refractivity contribution < 1.29 is 13.2 Å². The molecular weight excluding hydrogens is 243 g/mol. The van der Waals surface area contributed by atoms with Gasteiger partial charge in [-0.1, -0.05) is 13.0 Å². The third-order valence-electron chi connectivity index (χ3n) is 2.64. The topological polar surface area (TPSA) is 42.1 Å². The van der Waals surface area contributed by atoms with E-state index in [9.17, 15) is 13.2 Å². The van der Waals surface area contributed by atoms with E-state index in [1.54, 1.807) is 18.3 Å². The van der Waals surface area contributed by atoms with Crippen molar-refractivity contribution in [2.75, 3.05) is 18.5 Å². The van der Waals surface area contributed by atoms with Crippen molar-refractivity contribution in [1.29, 1.82) is 0 Å². The Hall–Kier alpha value is -1.30. The van der Waals surface area contributed by atoms with Gasteiger partial charge in [0.2, 0.25) is 0 Å². The highest BCUT2D eigenvalue weighted by Crippen LogP contribution is 2.19. The Morgan fingerprint density at radius 3 is 2.50 bits per heavy atom. The van der Waals surface area contributed by atoms with Gasteiger partial charge in [-0.2, -0.15) is 13.2 Å². The molecule has 2 N–H and O–H groups in total. The molecule has 18 heavy (non-hydrogen) atoms. The highest BCUT2D eigenvalue weighted by molar-refractivity contribution is 5.38. The molecule has 0 aromatic carbocycles. The average Bonchev–Trinajstić information content (AvgIpc) is 2.27. The molecule has 0 amide bonds. The van der Waals surface area contributed by atoms with Gasteiger partial charge in [0.25, 0.3) is 0 Å². The maximum Gasteiger partial charge on any atom is 0.405 e. The Morgan fingerprint density at radius 2 is 2.06 bits per heavy atom. The van der Waals surface area contributed by atoms with E-state index in [0.29, 0.717) is 12.2 Å². The van der Waals surface area contributed by atoms with Gasteiger partial charge in [-0.25, -0.2) is 4.98 Å². The van der Waals surface area contributed by atoms with Crippen LogP contribution in [0.5, 0.6) is 0 Å². The van der Waals surface area contributed by atoms with Crippen LogP contribution in [0.15, 0.2) is 18.3 Å². The summed E-state index contributed by atoms with van der Waals surface area (Å²) in [7, 11) is 1.37. The Kier molecular flexibility index (Phi) is 4.95. The van der Waals surface area contributed by atoms with Gasteiger partial charge in [0.15, 0.2) is 0 Å². The van der Waals surface area contributed by atoms with Crippen LogP contribution >= 0.6 is 0 Å². The fourth-order valence-electron chi connectivity index (χ4n) is 1.56. The number of aromatic nitrogens is 1. The number of anilines is 1. The number of nitrogens with two attached hydrogens (primary N) is 1. The first-order valence-corrected chi connectivity index (χ1v) is 5.80. The van der Waals surface area contributed by atoms with Gasteiger partial charge in [-0.15, -0.1) is 0 Å². The van der Waals surface area contributed by atoms with E-state index in [1.165, 1.54) is 7.05 Å². The first-order chi connectivity index (χ1) is 8.31. The van der Waals surface area contributed by atoms with Crippen molar-refractivity contribution in [2.45, 2.75) is 32.0 Å². The Labute approximate surface area is 105 Å². The summed E-state index contributed by atoms with van der Waals surface area (Å²) < 4.78 is 36.6.